The summed E-state index contributed by atoms with van der Waals surface area (Å²) in [4.78, 5) is 0. The van der Waals surface area contributed by atoms with E-state index in [1.54, 1.807) is 0 Å². The summed E-state index contributed by atoms with van der Waals surface area (Å²) in [5.41, 5.74) is 0.965. The normalized spacial score (nSPS) is 6.87. The van der Waals surface area contributed by atoms with Crippen LogP contribution in [0.25, 0.3) is 0 Å². The Balaban J connectivity index is -0.000000176. The fraction of sp³-hybridized carbons (Fsp3) is 0.538. The highest BCUT2D eigenvalue weighted by atomic mass is 16.3. The maximum atomic E-state index is 8.54. The molecule has 2 N–H and O–H groups in total. The van der Waals surface area contributed by atoms with Crippen LogP contribution in [0.3, 0.4) is 0 Å². The van der Waals surface area contributed by atoms with E-state index < -0.39 is 0 Å². The SMILES string of the molecule is CC.CCC.CO.OCc1ccccc1. The third kappa shape index (κ3) is 19.5. The molecule has 1 aromatic rings. The lowest BCUT2D eigenvalue weighted by molar-refractivity contribution is 0.282. The molecule has 0 aliphatic carbocycles. The van der Waals surface area contributed by atoms with Crippen LogP contribution in [0.2, 0.25) is 0 Å². The van der Waals surface area contributed by atoms with Crippen LogP contribution in [-0.2, 0) is 6.61 Å². The standard InChI is InChI=1S/C7H8O.C3H8.C2H6.CH4O/c8-6-7-4-2-1-3-5-7;1-3-2;2*1-2/h1-5,8H,6H2;3H2,1-2H3;1-2H3;2H,1H3. The molecule has 0 aromatic heterocycles. The van der Waals surface area contributed by atoms with Gasteiger partial charge in [-0.15, -0.1) is 0 Å². The molecule has 0 bridgehead atoms. The van der Waals surface area contributed by atoms with Gasteiger partial charge >= 0.3 is 0 Å². The highest BCUT2D eigenvalue weighted by Gasteiger charge is 1.81. The lowest BCUT2D eigenvalue weighted by Gasteiger charge is -1.89. The Morgan fingerprint density at radius 1 is 0.933 bits per heavy atom. The minimum Gasteiger partial charge on any atom is -0.400 e. The first-order valence-corrected chi connectivity index (χ1v) is 5.44. The summed E-state index contributed by atoms with van der Waals surface area (Å²) in [7, 11) is 1.00. The van der Waals surface area contributed by atoms with E-state index in [0.29, 0.717) is 0 Å². The molecule has 15 heavy (non-hydrogen) atoms. The molecule has 0 radical (unpaired) electrons. The zero-order chi connectivity index (χ0) is 12.5. The maximum absolute atomic E-state index is 8.54. The molecule has 2 nitrogen and oxygen atoms in total. The number of hydrogen-bond acceptors (Lipinski definition) is 2. The average Bonchev–Trinajstić information content (AvgIpc) is 2.36. The summed E-state index contributed by atoms with van der Waals surface area (Å²) in [6.07, 6.45) is 1.25. The van der Waals surface area contributed by atoms with Crippen LogP contribution in [0.15, 0.2) is 30.3 Å². The molecule has 0 unspecified atom stereocenters. The van der Waals surface area contributed by atoms with Crippen molar-refractivity contribution in [1.82, 2.24) is 0 Å². The van der Waals surface area contributed by atoms with E-state index in [9.17, 15) is 0 Å². The number of aliphatic hydroxyl groups excluding tert-OH is 2. The Kier molecular flexibility index (Phi) is 30.4. The van der Waals surface area contributed by atoms with Crippen molar-refractivity contribution in [3.8, 4) is 0 Å². The number of hydrogen-bond donors (Lipinski definition) is 2. The molecule has 0 amide bonds. The van der Waals surface area contributed by atoms with Gasteiger partial charge < -0.3 is 10.2 Å². The van der Waals surface area contributed by atoms with Gasteiger partial charge in [-0.05, 0) is 5.56 Å². The Labute approximate surface area is 94.6 Å². The largest absolute Gasteiger partial charge is 0.400 e. The molecule has 0 atom stereocenters. The molecule has 0 fully saturated rings. The Morgan fingerprint density at radius 2 is 1.27 bits per heavy atom. The Hall–Kier alpha value is -0.860. The highest BCUT2D eigenvalue weighted by Crippen LogP contribution is 1.95. The molecule has 0 aliphatic heterocycles. The van der Waals surface area contributed by atoms with Gasteiger partial charge in [-0.25, -0.2) is 0 Å². The van der Waals surface area contributed by atoms with Crippen LogP contribution in [0.1, 0.15) is 39.7 Å². The van der Waals surface area contributed by atoms with E-state index in [1.807, 2.05) is 44.2 Å². The number of benzene rings is 1. The summed E-state index contributed by atoms with van der Waals surface area (Å²) in [5.74, 6) is 0. The second-order valence-corrected chi connectivity index (χ2v) is 2.35. The molecule has 1 rings (SSSR count). The lowest BCUT2D eigenvalue weighted by Crippen LogP contribution is -1.77. The van der Waals surface area contributed by atoms with Crippen molar-refractivity contribution in [2.75, 3.05) is 7.11 Å². The molecule has 0 aliphatic rings. The second-order valence-electron chi connectivity index (χ2n) is 2.35. The molecule has 2 heteroatoms. The van der Waals surface area contributed by atoms with Gasteiger partial charge in [0.05, 0.1) is 6.61 Å². The van der Waals surface area contributed by atoms with Crippen molar-refractivity contribution >= 4 is 0 Å². The van der Waals surface area contributed by atoms with E-state index in [-0.39, 0.29) is 6.61 Å². The van der Waals surface area contributed by atoms with E-state index in [2.05, 4.69) is 13.8 Å². The molecular weight excluding hydrogens is 188 g/mol. The third-order valence-electron chi connectivity index (χ3n) is 1.03. The van der Waals surface area contributed by atoms with Gasteiger partial charge in [0, 0.05) is 7.11 Å². The average molecular weight is 214 g/mol. The Morgan fingerprint density at radius 3 is 1.47 bits per heavy atom. The maximum Gasteiger partial charge on any atom is 0.0681 e. The predicted octanol–water partition coefficient (Wildman–Crippen LogP) is 3.23. The van der Waals surface area contributed by atoms with Crippen molar-refractivity contribution in [3.05, 3.63) is 35.9 Å². The first-order chi connectivity index (χ1) is 7.35. The smallest absolute Gasteiger partial charge is 0.0681 e. The second kappa shape index (κ2) is 23.2. The van der Waals surface area contributed by atoms with E-state index in [4.69, 9.17) is 10.2 Å². The molecule has 0 heterocycles. The van der Waals surface area contributed by atoms with E-state index in [1.165, 1.54) is 6.42 Å². The van der Waals surface area contributed by atoms with Crippen molar-refractivity contribution in [1.29, 1.82) is 0 Å². The van der Waals surface area contributed by atoms with E-state index >= 15 is 0 Å². The summed E-state index contributed by atoms with van der Waals surface area (Å²) < 4.78 is 0. The fourth-order valence-corrected chi connectivity index (χ4v) is 0.583. The monoisotopic (exact) mass is 214 g/mol. The van der Waals surface area contributed by atoms with Crippen molar-refractivity contribution in [2.45, 2.75) is 40.7 Å². The van der Waals surface area contributed by atoms with Crippen LogP contribution in [0, 0.1) is 0 Å². The lowest BCUT2D eigenvalue weighted by atomic mass is 10.2. The van der Waals surface area contributed by atoms with Gasteiger partial charge in [-0.1, -0.05) is 64.4 Å². The summed E-state index contributed by atoms with van der Waals surface area (Å²) in [5, 5.41) is 15.5. The summed E-state index contributed by atoms with van der Waals surface area (Å²) in [6, 6.07) is 9.52. The van der Waals surface area contributed by atoms with Gasteiger partial charge in [0.25, 0.3) is 0 Å². The topological polar surface area (TPSA) is 40.5 Å². The first-order valence-electron chi connectivity index (χ1n) is 5.44. The van der Waals surface area contributed by atoms with Crippen LogP contribution >= 0.6 is 0 Å². The molecule has 0 spiro atoms. The van der Waals surface area contributed by atoms with Crippen molar-refractivity contribution in [2.24, 2.45) is 0 Å². The van der Waals surface area contributed by atoms with Crippen molar-refractivity contribution < 1.29 is 10.2 Å². The van der Waals surface area contributed by atoms with Gasteiger partial charge in [-0.3, -0.25) is 0 Å². The van der Waals surface area contributed by atoms with Gasteiger partial charge in [0.2, 0.25) is 0 Å². The summed E-state index contributed by atoms with van der Waals surface area (Å²) >= 11 is 0. The van der Waals surface area contributed by atoms with Crippen molar-refractivity contribution in [3.63, 3.8) is 0 Å². The quantitative estimate of drug-likeness (QED) is 0.753. The first kappa shape index (κ1) is 19.7. The number of rotatable bonds is 1. The van der Waals surface area contributed by atoms with Gasteiger partial charge in [0.15, 0.2) is 0 Å². The minimum absolute atomic E-state index is 0.140. The minimum atomic E-state index is 0.140. The molecule has 90 valence electrons. The van der Waals surface area contributed by atoms with E-state index in [0.717, 1.165) is 12.7 Å². The fourth-order valence-electron chi connectivity index (χ4n) is 0.583. The molecule has 0 saturated carbocycles. The predicted molar refractivity (Wildman–Crippen MR) is 67.8 cm³/mol. The van der Waals surface area contributed by atoms with Gasteiger partial charge in [0.1, 0.15) is 0 Å². The van der Waals surface area contributed by atoms with Crippen LogP contribution < -0.4 is 0 Å². The van der Waals surface area contributed by atoms with Crippen LogP contribution in [0.5, 0.6) is 0 Å². The van der Waals surface area contributed by atoms with Gasteiger partial charge in [-0.2, -0.15) is 0 Å². The third-order valence-corrected chi connectivity index (χ3v) is 1.03. The highest BCUT2D eigenvalue weighted by molar-refractivity contribution is 5.12. The number of aliphatic hydroxyl groups is 2. The molecule has 1 aromatic carbocycles. The Bertz CT molecular complexity index is 161. The zero-order valence-corrected chi connectivity index (χ0v) is 10.7. The van der Waals surface area contributed by atoms with Crippen LogP contribution in [-0.4, -0.2) is 17.3 Å². The molecule has 0 saturated heterocycles. The van der Waals surface area contributed by atoms with Crippen LogP contribution in [0.4, 0.5) is 0 Å². The zero-order valence-electron chi connectivity index (χ0n) is 10.7. The summed E-state index contributed by atoms with van der Waals surface area (Å²) in [6.45, 7) is 8.39. The molecular formula is C13H26O2.